The quantitative estimate of drug-likeness (QED) is 0.151. The third-order valence-electron chi connectivity index (χ3n) is 7.74. The SMILES string of the molecule is COc1cccc([C@H]2OC(c3ccc(OCCCO)cc3)=N[C@@]2(CCS(=O)(=O)c2ccccc2)C(=O)NCc2ccc(Cl)cc2Cl)c1. The zero-order valence-corrected chi connectivity index (χ0v) is 27.9. The maximum absolute atomic E-state index is 14.5. The third kappa shape index (κ3) is 8.08. The van der Waals surface area contributed by atoms with Gasteiger partial charge in [0, 0.05) is 41.6 Å². The molecule has 0 bridgehead atoms. The molecular formula is C35H34Cl2N2O7S. The lowest BCUT2D eigenvalue weighted by molar-refractivity contribution is -0.129. The molecule has 2 atom stereocenters. The first-order chi connectivity index (χ1) is 22.6. The molecule has 0 unspecified atom stereocenters. The van der Waals surface area contributed by atoms with E-state index in [9.17, 15) is 13.2 Å². The topological polar surface area (TPSA) is 124 Å². The number of nitrogens with one attached hydrogen (secondary N) is 1. The van der Waals surface area contributed by atoms with Crippen molar-refractivity contribution in [2.24, 2.45) is 4.99 Å². The summed E-state index contributed by atoms with van der Waals surface area (Å²) in [6.45, 7) is 0.405. The van der Waals surface area contributed by atoms with Gasteiger partial charge in [-0.15, -0.1) is 0 Å². The van der Waals surface area contributed by atoms with Crippen LogP contribution in [-0.2, 0) is 25.9 Å². The highest BCUT2D eigenvalue weighted by molar-refractivity contribution is 7.91. The second-order valence-electron chi connectivity index (χ2n) is 10.9. The van der Waals surface area contributed by atoms with E-state index in [0.29, 0.717) is 51.3 Å². The highest BCUT2D eigenvalue weighted by atomic mass is 35.5. The van der Waals surface area contributed by atoms with Crippen LogP contribution < -0.4 is 14.8 Å². The summed E-state index contributed by atoms with van der Waals surface area (Å²) in [5.74, 6) is 0.353. The average molecular weight is 698 g/mol. The van der Waals surface area contributed by atoms with Gasteiger partial charge in [0.15, 0.2) is 21.5 Å². The van der Waals surface area contributed by atoms with Crippen LogP contribution in [0.3, 0.4) is 0 Å². The molecule has 246 valence electrons. The van der Waals surface area contributed by atoms with E-state index < -0.39 is 27.4 Å². The summed E-state index contributed by atoms with van der Waals surface area (Å²) < 4.78 is 44.7. The first kappa shape index (κ1) is 34.3. The lowest BCUT2D eigenvalue weighted by Crippen LogP contribution is -2.49. The van der Waals surface area contributed by atoms with Crippen molar-refractivity contribution in [3.05, 3.63) is 124 Å². The molecule has 2 N–H and O–H groups in total. The third-order valence-corrected chi connectivity index (χ3v) is 10.1. The molecule has 0 spiro atoms. The average Bonchev–Trinajstić information content (AvgIpc) is 3.49. The van der Waals surface area contributed by atoms with E-state index in [2.05, 4.69) is 5.32 Å². The van der Waals surface area contributed by atoms with Crippen molar-refractivity contribution in [2.45, 2.75) is 35.9 Å². The molecule has 9 nitrogen and oxygen atoms in total. The standard InChI is InChI=1S/C35H34Cl2N2O7S/c1-44-29-8-5-7-25(21-29)32-35(17-20-47(42,43)30-9-3-2-4-10-30,34(41)38-23-26-11-14-27(36)22-31(26)37)39-33(46-32)24-12-15-28(16-13-24)45-19-6-18-40/h2-5,7-16,21-22,32,40H,6,17-20,23H2,1H3,(H,38,41)/t32-,35-/m1/s1. The summed E-state index contributed by atoms with van der Waals surface area (Å²) in [5.41, 5.74) is 0.0468. The minimum absolute atomic E-state index is 0.0166. The highest BCUT2D eigenvalue weighted by Crippen LogP contribution is 2.44. The maximum atomic E-state index is 14.5. The van der Waals surface area contributed by atoms with E-state index in [4.69, 9.17) is 47.5 Å². The van der Waals surface area contributed by atoms with Crippen LogP contribution in [0.5, 0.6) is 11.5 Å². The molecule has 0 saturated heterocycles. The summed E-state index contributed by atoms with van der Waals surface area (Å²) in [4.78, 5) is 19.5. The lowest BCUT2D eigenvalue weighted by atomic mass is 9.85. The van der Waals surface area contributed by atoms with Crippen molar-refractivity contribution in [3.63, 3.8) is 0 Å². The molecule has 4 aromatic rings. The Morgan fingerprint density at radius 3 is 2.45 bits per heavy atom. The largest absolute Gasteiger partial charge is 0.497 e. The summed E-state index contributed by atoms with van der Waals surface area (Å²) in [6, 6.07) is 27.1. The smallest absolute Gasteiger partial charge is 0.252 e. The van der Waals surface area contributed by atoms with Crippen LogP contribution in [0.2, 0.25) is 10.0 Å². The Morgan fingerprint density at radius 1 is 0.979 bits per heavy atom. The zero-order chi connectivity index (χ0) is 33.4. The predicted octanol–water partition coefficient (Wildman–Crippen LogP) is 6.20. The van der Waals surface area contributed by atoms with Crippen LogP contribution in [-0.4, -0.2) is 56.9 Å². The van der Waals surface area contributed by atoms with Crippen molar-refractivity contribution >= 4 is 44.8 Å². The Kier molecular flexibility index (Phi) is 11.1. The van der Waals surface area contributed by atoms with Crippen molar-refractivity contribution < 1.29 is 32.5 Å². The number of amides is 1. The van der Waals surface area contributed by atoms with Gasteiger partial charge in [-0.05, 0) is 71.8 Å². The molecule has 0 fully saturated rings. The Labute approximate surface area is 284 Å². The Hall–Kier alpha value is -4.09. The van der Waals surface area contributed by atoms with Crippen LogP contribution in [0.25, 0.3) is 0 Å². The van der Waals surface area contributed by atoms with E-state index >= 15 is 0 Å². The van der Waals surface area contributed by atoms with E-state index in [1.807, 2.05) is 0 Å². The monoisotopic (exact) mass is 696 g/mol. The van der Waals surface area contributed by atoms with Gasteiger partial charge in [0.1, 0.15) is 11.5 Å². The number of nitrogens with zero attached hydrogens (tertiary/aromatic N) is 1. The summed E-state index contributed by atoms with van der Waals surface area (Å²) in [6.07, 6.45) is -0.720. The van der Waals surface area contributed by atoms with Gasteiger partial charge in [-0.3, -0.25) is 4.79 Å². The van der Waals surface area contributed by atoms with Crippen molar-refractivity contribution in [1.29, 1.82) is 0 Å². The fraction of sp³-hybridized carbons (Fsp3) is 0.257. The molecule has 1 aliphatic rings. The van der Waals surface area contributed by atoms with Gasteiger partial charge >= 0.3 is 0 Å². The van der Waals surface area contributed by atoms with E-state index in [1.165, 1.54) is 19.2 Å². The Morgan fingerprint density at radius 2 is 1.74 bits per heavy atom. The number of rotatable bonds is 14. The molecule has 0 radical (unpaired) electrons. The number of aliphatic hydroxyl groups excluding tert-OH is 1. The molecule has 12 heteroatoms. The Bertz CT molecular complexity index is 1840. The first-order valence-corrected chi connectivity index (χ1v) is 17.3. The van der Waals surface area contributed by atoms with Crippen molar-refractivity contribution in [1.82, 2.24) is 5.32 Å². The number of hydrogen-bond acceptors (Lipinski definition) is 8. The number of carbonyl (C=O) groups is 1. The predicted molar refractivity (Wildman–Crippen MR) is 181 cm³/mol. The molecule has 1 heterocycles. The van der Waals surface area contributed by atoms with Gasteiger partial charge in [0.05, 0.1) is 24.4 Å². The first-order valence-electron chi connectivity index (χ1n) is 14.9. The lowest BCUT2D eigenvalue weighted by Gasteiger charge is -2.31. The van der Waals surface area contributed by atoms with Crippen molar-refractivity contribution in [2.75, 3.05) is 26.1 Å². The summed E-state index contributed by atoms with van der Waals surface area (Å²) >= 11 is 12.5. The number of methoxy groups -OCH3 is 1. The van der Waals surface area contributed by atoms with E-state index in [0.717, 1.165) is 0 Å². The minimum atomic E-state index is -3.81. The van der Waals surface area contributed by atoms with Crippen LogP contribution in [0.1, 0.15) is 35.6 Å². The van der Waals surface area contributed by atoms with Gasteiger partial charge < -0.3 is 24.6 Å². The van der Waals surface area contributed by atoms with Gasteiger partial charge in [-0.25, -0.2) is 13.4 Å². The second kappa shape index (κ2) is 15.2. The maximum Gasteiger partial charge on any atom is 0.252 e. The van der Waals surface area contributed by atoms with Crippen LogP contribution in [0, 0.1) is 0 Å². The minimum Gasteiger partial charge on any atom is -0.497 e. The number of aliphatic hydroxyl groups is 1. The normalized spacial score (nSPS) is 17.4. The van der Waals surface area contributed by atoms with Crippen LogP contribution in [0.4, 0.5) is 0 Å². The molecule has 0 aliphatic carbocycles. The van der Waals surface area contributed by atoms with Gasteiger partial charge in [-0.1, -0.05) is 59.6 Å². The molecule has 5 rings (SSSR count). The molecular weight excluding hydrogens is 663 g/mol. The summed E-state index contributed by atoms with van der Waals surface area (Å²) in [7, 11) is -2.28. The van der Waals surface area contributed by atoms with Crippen LogP contribution in [0.15, 0.2) is 107 Å². The zero-order valence-electron chi connectivity index (χ0n) is 25.6. The molecule has 1 amide bonds. The molecule has 0 saturated carbocycles. The molecule has 1 aliphatic heterocycles. The number of benzene rings is 4. The van der Waals surface area contributed by atoms with Crippen molar-refractivity contribution in [3.8, 4) is 11.5 Å². The second-order valence-corrected chi connectivity index (χ2v) is 13.8. The highest BCUT2D eigenvalue weighted by Gasteiger charge is 2.53. The molecule has 47 heavy (non-hydrogen) atoms. The fourth-order valence-electron chi connectivity index (χ4n) is 5.20. The van der Waals surface area contributed by atoms with E-state index in [1.54, 1.807) is 84.9 Å². The van der Waals surface area contributed by atoms with E-state index in [-0.39, 0.29) is 36.1 Å². The Balaban J connectivity index is 1.57. The van der Waals surface area contributed by atoms with Gasteiger partial charge in [0.2, 0.25) is 5.90 Å². The number of aliphatic imine (C=N–C) groups is 1. The molecule has 0 aromatic heterocycles. The van der Waals surface area contributed by atoms with Crippen LogP contribution >= 0.6 is 23.2 Å². The number of ether oxygens (including phenoxy) is 3. The van der Waals surface area contributed by atoms with Gasteiger partial charge in [0.25, 0.3) is 5.91 Å². The van der Waals surface area contributed by atoms with Gasteiger partial charge in [-0.2, -0.15) is 0 Å². The number of sulfone groups is 1. The number of carbonyl (C=O) groups excluding carboxylic acids is 1. The number of halogens is 2. The fourth-order valence-corrected chi connectivity index (χ4v) is 7.07. The summed E-state index contributed by atoms with van der Waals surface area (Å²) in [5, 5.41) is 12.8. The molecule has 4 aromatic carbocycles. The number of hydrogen-bond donors (Lipinski definition) is 2.